The average molecular weight is 343 g/mol. The normalized spacial score (nSPS) is 23.2. The van der Waals surface area contributed by atoms with Crippen LogP contribution in [0.1, 0.15) is 49.1 Å². The highest BCUT2D eigenvalue weighted by Gasteiger charge is 2.30. The number of nitrogens with one attached hydrogen (secondary N) is 1. The van der Waals surface area contributed by atoms with Gasteiger partial charge in [-0.3, -0.25) is 4.90 Å². The van der Waals surface area contributed by atoms with Gasteiger partial charge in [0, 0.05) is 37.9 Å². The zero-order valence-corrected chi connectivity index (χ0v) is 15.4. The lowest BCUT2D eigenvalue weighted by Gasteiger charge is -2.39. The van der Waals surface area contributed by atoms with Crippen LogP contribution in [0.3, 0.4) is 0 Å². The molecule has 2 aliphatic rings. The van der Waals surface area contributed by atoms with Crippen LogP contribution >= 0.6 is 0 Å². The summed E-state index contributed by atoms with van der Waals surface area (Å²) in [5.74, 6) is 3.67. The van der Waals surface area contributed by atoms with E-state index in [1.54, 1.807) is 0 Å². The van der Waals surface area contributed by atoms with E-state index in [0.717, 1.165) is 49.7 Å². The zero-order valence-electron chi connectivity index (χ0n) is 15.4. The molecule has 4 heterocycles. The standard InChI is InChI=1S/C18H29N7/c1-14-20-9-11-24(14)13-17-21-22-18(23(17)2)15-4-3-10-25(12-15)16-5-7-19-8-6-16/h9,11,15-16,19H,3-8,10,12-13H2,1-2H3/t15-/m0/s1. The van der Waals surface area contributed by atoms with Crippen molar-refractivity contribution >= 4 is 0 Å². The summed E-state index contributed by atoms with van der Waals surface area (Å²) < 4.78 is 4.33. The van der Waals surface area contributed by atoms with Gasteiger partial charge in [0.25, 0.3) is 0 Å². The Morgan fingerprint density at radius 2 is 2.04 bits per heavy atom. The highest BCUT2D eigenvalue weighted by atomic mass is 15.3. The molecule has 7 nitrogen and oxygen atoms in total. The molecule has 7 heteroatoms. The van der Waals surface area contributed by atoms with Crippen LogP contribution in [-0.2, 0) is 13.6 Å². The van der Waals surface area contributed by atoms with Crippen molar-refractivity contribution in [2.45, 2.75) is 51.1 Å². The molecule has 0 radical (unpaired) electrons. The summed E-state index contributed by atoms with van der Waals surface area (Å²) in [7, 11) is 2.11. The van der Waals surface area contributed by atoms with Crippen LogP contribution in [0.4, 0.5) is 0 Å². The predicted molar refractivity (Wildman–Crippen MR) is 96.5 cm³/mol. The topological polar surface area (TPSA) is 63.8 Å². The molecule has 2 fully saturated rings. The zero-order chi connectivity index (χ0) is 17.2. The summed E-state index contributed by atoms with van der Waals surface area (Å²) in [4.78, 5) is 6.99. The molecular formula is C18H29N7. The van der Waals surface area contributed by atoms with Crippen LogP contribution < -0.4 is 5.32 Å². The van der Waals surface area contributed by atoms with Crippen molar-refractivity contribution in [3.05, 3.63) is 29.9 Å². The maximum atomic E-state index is 4.57. The lowest BCUT2D eigenvalue weighted by Crippen LogP contribution is -2.47. The summed E-state index contributed by atoms with van der Waals surface area (Å²) >= 11 is 0. The minimum Gasteiger partial charge on any atom is -0.328 e. The highest BCUT2D eigenvalue weighted by Crippen LogP contribution is 2.28. The van der Waals surface area contributed by atoms with Gasteiger partial charge in [-0.25, -0.2) is 4.98 Å². The molecule has 136 valence electrons. The maximum Gasteiger partial charge on any atom is 0.152 e. The SMILES string of the molecule is Cc1nccn1Cc1nnc([C@H]2CCCN(C3CCNCC3)C2)n1C. The largest absolute Gasteiger partial charge is 0.328 e. The number of aryl methyl sites for hydroxylation is 1. The van der Waals surface area contributed by atoms with Crippen molar-refractivity contribution in [1.29, 1.82) is 0 Å². The van der Waals surface area contributed by atoms with Crippen LogP contribution in [0.15, 0.2) is 12.4 Å². The molecule has 0 aromatic carbocycles. The fourth-order valence-corrected chi connectivity index (χ4v) is 4.31. The van der Waals surface area contributed by atoms with E-state index >= 15 is 0 Å². The van der Waals surface area contributed by atoms with Crippen LogP contribution in [0.5, 0.6) is 0 Å². The Balaban J connectivity index is 1.47. The minimum atomic E-state index is 0.499. The number of rotatable bonds is 4. The van der Waals surface area contributed by atoms with Crippen LogP contribution in [0.25, 0.3) is 0 Å². The van der Waals surface area contributed by atoms with E-state index in [1.165, 1.54) is 32.2 Å². The van der Waals surface area contributed by atoms with E-state index in [-0.39, 0.29) is 0 Å². The van der Waals surface area contributed by atoms with E-state index in [1.807, 2.05) is 19.3 Å². The minimum absolute atomic E-state index is 0.499. The van der Waals surface area contributed by atoms with E-state index in [4.69, 9.17) is 0 Å². The average Bonchev–Trinajstić information content (AvgIpc) is 3.22. The van der Waals surface area contributed by atoms with Gasteiger partial charge in [0.15, 0.2) is 5.82 Å². The predicted octanol–water partition coefficient (Wildman–Crippen LogP) is 1.30. The lowest BCUT2D eigenvalue weighted by atomic mass is 9.93. The Kier molecular flexibility index (Phi) is 4.85. The van der Waals surface area contributed by atoms with Crippen molar-refractivity contribution in [2.24, 2.45) is 7.05 Å². The molecule has 2 aromatic heterocycles. The van der Waals surface area contributed by atoms with Gasteiger partial charge >= 0.3 is 0 Å². The number of nitrogens with zero attached hydrogens (tertiary/aromatic N) is 6. The highest BCUT2D eigenvalue weighted by molar-refractivity contribution is 5.06. The molecule has 0 saturated carbocycles. The first-order valence-corrected chi connectivity index (χ1v) is 9.53. The molecule has 1 atom stereocenters. The monoisotopic (exact) mass is 343 g/mol. The van der Waals surface area contributed by atoms with Crippen molar-refractivity contribution in [1.82, 2.24) is 34.5 Å². The van der Waals surface area contributed by atoms with Crippen molar-refractivity contribution in [3.63, 3.8) is 0 Å². The fraction of sp³-hybridized carbons (Fsp3) is 0.722. The van der Waals surface area contributed by atoms with Crippen molar-refractivity contribution in [2.75, 3.05) is 26.2 Å². The Labute approximate surface area is 149 Å². The quantitative estimate of drug-likeness (QED) is 0.907. The molecule has 0 bridgehead atoms. The molecule has 1 N–H and O–H groups in total. The second-order valence-corrected chi connectivity index (χ2v) is 7.45. The number of likely N-dealkylation sites (tertiary alicyclic amines) is 1. The molecule has 0 amide bonds. The van der Waals surface area contributed by atoms with Gasteiger partial charge in [0.1, 0.15) is 11.6 Å². The number of hydrogen-bond acceptors (Lipinski definition) is 5. The fourth-order valence-electron chi connectivity index (χ4n) is 4.31. The third-order valence-electron chi connectivity index (χ3n) is 5.88. The van der Waals surface area contributed by atoms with E-state index < -0.39 is 0 Å². The number of piperidine rings is 2. The van der Waals surface area contributed by atoms with Crippen LogP contribution in [-0.4, -0.2) is 61.4 Å². The van der Waals surface area contributed by atoms with Crippen molar-refractivity contribution in [3.8, 4) is 0 Å². The first kappa shape index (κ1) is 16.7. The Morgan fingerprint density at radius 3 is 2.80 bits per heavy atom. The summed E-state index contributed by atoms with van der Waals surface area (Å²) in [5.41, 5.74) is 0. The third-order valence-corrected chi connectivity index (χ3v) is 5.88. The molecule has 2 aromatic rings. The molecule has 2 saturated heterocycles. The van der Waals surface area contributed by atoms with Gasteiger partial charge in [0.05, 0.1) is 6.54 Å². The van der Waals surface area contributed by atoms with Crippen LogP contribution in [0, 0.1) is 6.92 Å². The Hall–Kier alpha value is -1.73. The number of hydrogen-bond donors (Lipinski definition) is 1. The Bertz CT molecular complexity index is 698. The summed E-state index contributed by atoms with van der Waals surface area (Å²) in [6.45, 7) is 7.44. The maximum absolute atomic E-state index is 4.57. The van der Waals surface area contributed by atoms with Gasteiger partial charge < -0.3 is 14.5 Å². The molecular weight excluding hydrogens is 314 g/mol. The van der Waals surface area contributed by atoms with Gasteiger partial charge in [-0.15, -0.1) is 10.2 Å². The van der Waals surface area contributed by atoms with Gasteiger partial charge in [-0.2, -0.15) is 0 Å². The van der Waals surface area contributed by atoms with E-state index in [0.29, 0.717) is 5.92 Å². The van der Waals surface area contributed by atoms with Crippen LogP contribution in [0.2, 0.25) is 0 Å². The molecule has 0 spiro atoms. The molecule has 0 unspecified atom stereocenters. The summed E-state index contributed by atoms with van der Waals surface area (Å²) in [6.07, 6.45) is 8.87. The third kappa shape index (κ3) is 3.48. The number of imidazole rings is 1. The molecule has 25 heavy (non-hydrogen) atoms. The van der Waals surface area contributed by atoms with Gasteiger partial charge in [-0.05, 0) is 52.2 Å². The number of aromatic nitrogens is 5. The van der Waals surface area contributed by atoms with Gasteiger partial charge in [-0.1, -0.05) is 0 Å². The lowest BCUT2D eigenvalue weighted by molar-refractivity contribution is 0.120. The second-order valence-electron chi connectivity index (χ2n) is 7.45. The second kappa shape index (κ2) is 7.25. The van der Waals surface area contributed by atoms with E-state index in [2.05, 4.69) is 41.6 Å². The molecule has 4 rings (SSSR count). The van der Waals surface area contributed by atoms with Gasteiger partial charge in [0.2, 0.25) is 0 Å². The Morgan fingerprint density at radius 1 is 1.20 bits per heavy atom. The summed E-state index contributed by atoms with van der Waals surface area (Å²) in [5, 5.41) is 12.5. The summed E-state index contributed by atoms with van der Waals surface area (Å²) in [6, 6.07) is 0.741. The molecule has 0 aliphatic carbocycles. The first-order valence-electron chi connectivity index (χ1n) is 9.53. The van der Waals surface area contributed by atoms with Crippen molar-refractivity contribution < 1.29 is 0 Å². The smallest absolute Gasteiger partial charge is 0.152 e. The molecule has 2 aliphatic heterocycles. The first-order chi connectivity index (χ1) is 12.2. The van der Waals surface area contributed by atoms with E-state index in [9.17, 15) is 0 Å².